The number of benzene rings is 2. The van der Waals surface area contributed by atoms with Gasteiger partial charge in [-0.25, -0.2) is 0 Å². The van der Waals surface area contributed by atoms with Crippen molar-refractivity contribution in [1.29, 1.82) is 0 Å². The fourth-order valence-corrected chi connectivity index (χ4v) is 3.75. The molecule has 116 valence electrons. The van der Waals surface area contributed by atoms with Crippen molar-refractivity contribution < 1.29 is 4.79 Å². The molecular weight excluding hydrogens is 370 g/mol. The third kappa shape index (κ3) is 4.30. The molecule has 23 heavy (non-hydrogen) atoms. The van der Waals surface area contributed by atoms with Crippen molar-refractivity contribution in [2.45, 2.75) is 13.1 Å². The van der Waals surface area contributed by atoms with Crippen LogP contribution in [-0.2, 0) is 13.1 Å². The summed E-state index contributed by atoms with van der Waals surface area (Å²) in [6.07, 6.45) is 0. The molecule has 0 spiro atoms. The minimum absolute atomic E-state index is 0.0633. The Morgan fingerprint density at radius 1 is 0.826 bits per heavy atom. The van der Waals surface area contributed by atoms with Gasteiger partial charge in [0, 0.05) is 13.1 Å². The van der Waals surface area contributed by atoms with E-state index in [9.17, 15) is 4.79 Å². The van der Waals surface area contributed by atoms with Crippen LogP contribution in [0.5, 0.6) is 0 Å². The van der Waals surface area contributed by atoms with Crippen LogP contribution in [0, 0.1) is 0 Å². The summed E-state index contributed by atoms with van der Waals surface area (Å²) in [5, 5.41) is 0. The van der Waals surface area contributed by atoms with Gasteiger partial charge >= 0.3 is 0 Å². The minimum Gasteiger partial charge on any atom is -0.329 e. The number of hydrogen-bond acceptors (Lipinski definition) is 2. The molecule has 0 N–H and O–H groups in total. The van der Waals surface area contributed by atoms with E-state index >= 15 is 0 Å². The molecule has 2 aromatic carbocycles. The van der Waals surface area contributed by atoms with E-state index in [0.717, 1.165) is 19.8 Å². The Morgan fingerprint density at radius 3 is 1.78 bits per heavy atom. The molecular formula is C19H16BrNOS. The van der Waals surface area contributed by atoms with Gasteiger partial charge in [-0.2, -0.15) is 0 Å². The molecule has 0 saturated carbocycles. The highest BCUT2D eigenvalue weighted by atomic mass is 79.9. The SMILES string of the molecule is O=C(c1ccc(Br)s1)N(Cc1ccccc1)Cc1ccccc1. The van der Waals surface area contributed by atoms with E-state index in [0.29, 0.717) is 13.1 Å². The number of thiophene rings is 1. The lowest BCUT2D eigenvalue weighted by molar-refractivity contribution is 0.0735. The third-order valence-electron chi connectivity index (χ3n) is 3.50. The Balaban J connectivity index is 1.84. The fraction of sp³-hybridized carbons (Fsp3) is 0.105. The van der Waals surface area contributed by atoms with E-state index < -0.39 is 0 Å². The normalized spacial score (nSPS) is 10.5. The van der Waals surface area contributed by atoms with Gasteiger partial charge in [0.05, 0.1) is 8.66 Å². The van der Waals surface area contributed by atoms with Gasteiger partial charge in [-0.3, -0.25) is 4.79 Å². The quantitative estimate of drug-likeness (QED) is 0.579. The first kappa shape index (κ1) is 16.0. The van der Waals surface area contributed by atoms with Gasteiger partial charge in [0.2, 0.25) is 0 Å². The van der Waals surface area contributed by atoms with Crippen molar-refractivity contribution in [2.24, 2.45) is 0 Å². The van der Waals surface area contributed by atoms with Gasteiger partial charge < -0.3 is 4.90 Å². The zero-order valence-corrected chi connectivity index (χ0v) is 14.9. The Kier molecular flexibility index (Phi) is 5.26. The summed E-state index contributed by atoms with van der Waals surface area (Å²) in [4.78, 5) is 15.5. The van der Waals surface area contributed by atoms with Crippen LogP contribution >= 0.6 is 27.3 Å². The summed E-state index contributed by atoms with van der Waals surface area (Å²) >= 11 is 4.90. The summed E-state index contributed by atoms with van der Waals surface area (Å²) < 4.78 is 0.972. The molecule has 3 aromatic rings. The molecule has 0 saturated heterocycles. The van der Waals surface area contributed by atoms with Crippen LogP contribution in [0.15, 0.2) is 76.6 Å². The second-order valence-electron chi connectivity index (χ2n) is 5.24. The van der Waals surface area contributed by atoms with Crippen LogP contribution < -0.4 is 0 Å². The van der Waals surface area contributed by atoms with E-state index in [2.05, 4.69) is 40.2 Å². The molecule has 3 rings (SSSR count). The molecule has 0 atom stereocenters. The third-order valence-corrected chi connectivity index (χ3v) is 5.12. The summed E-state index contributed by atoms with van der Waals surface area (Å²) in [5.74, 6) is 0.0633. The van der Waals surface area contributed by atoms with Gasteiger partial charge in [-0.15, -0.1) is 11.3 Å². The topological polar surface area (TPSA) is 20.3 Å². The molecule has 0 radical (unpaired) electrons. The molecule has 4 heteroatoms. The Bertz CT molecular complexity index is 729. The molecule has 0 bridgehead atoms. The van der Waals surface area contributed by atoms with Crippen molar-refractivity contribution in [2.75, 3.05) is 0 Å². The lowest BCUT2D eigenvalue weighted by Crippen LogP contribution is -2.29. The van der Waals surface area contributed by atoms with E-state index in [-0.39, 0.29) is 5.91 Å². The molecule has 1 heterocycles. The lowest BCUT2D eigenvalue weighted by Gasteiger charge is -2.22. The highest BCUT2D eigenvalue weighted by Gasteiger charge is 2.18. The number of rotatable bonds is 5. The number of amides is 1. The van der Waals surface area contributed by atoms with E-state index in [1.54, 1.807) is 0 Å². The van der Waals surface area contributed by atoms with Crippen molar-refractivity contribution in [3.63, 3.8) is 0 Å². The smallest absolute Gasteiger partial charge is 0.264 e. The summed E-state index contributed by atoms with van der Waals surface area (Å²) in [6, 6.07) is 24.0. The van der Waals surface area contributed by atoms with Crippen LogP contribution in [0.3, 0.4) is 0 Å². The van der Waals surface area contributed by atoms with Gasteiger partial charge in [0.25, 0.3) is 5.91 Å². The molecule has 0 fully saturated rings. The van der Waals surface area contributed by atoms with Crippen LogP contribution in [-0.4, -0.2) is 10.8 Å². The van der Waals surface area contributed by atoms with Crippen molar-refractivity contribution in [1.82, 2.24) is 4.90 Å². The maximum Gasteiger partial charge on any atom is 0.264 e. The largest absolute Gasteiger partial charge is 0.329 e. The van der Waals surface area contributed by atoms with E-state index in [1.807, 2.05) is 53.4 Å². The zero-order valence-electron chi connectivity index (χ0n) is 12.5. The summed E-state index contributed by atoms with van der Waals surface area (Å²) in [6.45, 7) is 1.20. The fourth-order valence-electron chi connectivity index (χ4n) is 2.39. The Morgan fingerprint density at radius 2 is 1.35 bits per heavy atom. The van der Waals surface area contributed by atoms with Gasteiger partial charge in [0.1, 0.15) is 0 Å². The molecule has 1 amide bonds. The average Bonchev–Trinajstić information content (AvgIpc) is 3.02. The van der Waals surface area contributed by atoms with Gasteiger partial charge in [-0.05, 0) is 39.2 Å². The molecule has 0 aliphatic carbocycles. The molecule has 0 aliphatic heterocycles. The maximum atomic E-state index is 12.9. The van der Waals surface area contributed by atoms with Crippen LogP contribution in [0.1, 0.15) is 20.8 Å². The van der Waals surface area contributed by atoms with Crippen molar-refractivity contribution in [3.8, 4) is 0 Å². The lowest BCUT2D eigenvalue weighted by atomic mass is 10.1. The first-order chi connectivity index (χ1) is 11.2. The minimum atomic E-state index is 0.0633. The first-order valence-electron chi connectivity index (χ1n) is 7.35. The first-order valence-corrected chi connectivity index (χ1v) is 8.96. The highest BCUT2D eigenvalue weighted by Crippen LogP contribution is 2.24. The Hall–Kier alpha value is -1.91. The summed E-state index contributed by atoms with van der Waals surface area (Å²) in [7, 11) is 0. The predicted octanol–water partition coefficient (Wildman–Crippen LogP) is 5.35. The monoisotopic (exact) mass is 385 g/mol. The maximum absolute atomic E-state index is 12.9. The number of halogens is 1. The number of carbonyl (C=O) groups is 1. The molecule has 2 nitrogen and oxygen atoms in total. The van der Waals surface area contributed by atoms with Crippen LogP contribution in [0.2, 0.25) is 0 Å². The van der Waals surface area contributed by atoms with E-state index in [4.69, 9.17) is 0 Å². The predicted molar refractivity (Wildman–Crippen MR) is 98.5 cm³/mol. The highest BCUT2D eigenvalue weighted by molar-refractivity contribution is 9.11. The Labute approximate surface area is 148 Å². The number of carbonyl (C=O) groups excluding carboxylic acids is 1. The molecule has 0 aliphatic rings. The van der Waals surface area contributed by atoms with Crippen molar-refractivity contribution in [3.05, 3.63) is 92.6 Å². The van der Waals surface area contributed by atoms with Crippen LogP contribution in [0.25, 0.3) is 0 Å². The average molecular weight is 386 g/mol. The van der Waals surface area contributed by atoms with Crippen molar-refractivity contribution >= 4 is 33.2 Å². The second-order valence-corrected chi connectivity index (χ2v) is 7.70. The summed E-state index contributed by atoms with van der Waals surface area (Å²) in [5.41, 5.74) is 2.26. The van der Waals surface area contributed by atoms with Gasteiger partial charge in [0.15, 0.2) is 0 Å². The molecule has 1 aromatic heterocycles. The van der Waals surface area contributed by atoms with E-state index in [1.165, 1.54) is 11.3 Å². The standard InChI is InChI=1S/C19H16BrNOS/c20-18-12-11-17(23-18)19(22)21(13-15-7-3-1-4-8-15)14-16-9-5-2-6-10-16/h1-12H,13-14H2. The van der Waals surface area contributed by atoms with Gasteiger partial charge in [-0.1, -0.05) is 60.7 Å². The number of nitrogens with zero attached hydrogens (tertiary/aromatic N) is 1. The second kappa shape index (κ2) is 7.57. The zero-order chi connectivity index (χ0) is 16.1. The number of hydrogen-bond donors (Lipinski definition) is 0. The van der Waals surface area contributed by atoms with Crippen LogP contribution in [0.4, 0.5) is 0 Å². The molecule has 0 unspecified atom stereocenters.